The zero-order valence-corrected chi connectivity index (χ0v) is 16.4. The first-order chi connectivity index (χ1) is 12.3. The number of benzene rings is 1. The first-order valence-electron chi connectivity index (χ1n) is 8.73. The van der Waals surface area contributed by atoms with E-state index in [1.165, 1.54) is 27.4 Å². The molecule has 0 saturated carbocycles. The van der Waals surface area contributed by atoms with Crippen LogP contribution in [0, 0.1) is 6.92 Å². The van der Waals surface area contributed by atoms with Crippen LogP contribution in [-0.4, -0.2) is 30.0 Å². The number of imide groups is 1. The monoisotopic (exact) mass is 372 g/mol. The number of nitrogens with one attached hydrogen (secondary N) is 1. The number of hydrogen-bond acceptors (Lipinski definition) is 4. The minimum Gasteiger partial charge on any atom is -0.492 e. The Hall–Kier alpha value is -2.34. The first-order valence-corrected chi connectivity index (χ1v) is 9.67. The molecule has 3 rings (SSSR count). The fourth-order valence-corrected chi connectivity index (χ4v) is 4.05. The second-order valence-electron chi connectivity index (χ2n) is 7.05. The second kappa shape index (κ2) is 7.11. The van der Waals surface area contributed by atoms with Gasteiger partial charge in [0.25, 0.3) is 5.91 Å². The van der Waals surface area contributed by atoms with E-state index in [9.17, 15) is 9.59 Å². The SMILES string of the molecule is Cc1cc(OCCN2C(=O)NC(C)(c3ccsc3)C2=O)ccc1C(C)C. The molecule has 1 aromatic carbocycles. The van der Waals surface area contributed by atoms with Gasteiger partial charge in [-0.15, -0.1) is 0 Å². The van der Waals surface area contributed by atoms with E-state index in [1.54, 1.807) is 6.92 Å². The van der Waals surface area contributed by atoms with Crippen molar-refractivity contribution in [2.75, 3.05) is 13.2 Å². The summed E-state index contributed by atoms with van der Waals surface area (Å²) < 4.78 is 5.77. The number of carbonyl (C=O) groups excluding carboxylic acids is 2. The fraction of sp³-hybridized carbons (Fsp3) is 0.400. The van der Waals surface area contributed by atoms with Gasteiger partial charge in [-0.3, -0.25) is 9.69 Å². The molecule has 1 aliphatic heterocycles. The molecule has 1 N–H and O–H groups in total. The lowest BCUT2D eigenvalue weighted by Crippen LogP contribution is -2.41. The number of aryl methyl sites for hydroxylation is 1. The summed E-state index contributed by atoms with van der Waals surface area (Å²) in [5.74, 6) is 0.972. The lowest BCUT2D eigenvalue weighted by atomic mass is 9.95. The molecule has 0 spiro atoms. The van der Waals surface area contributed by atoms with E-state index in [2.05, 4.69) is 32.2 Å². The third kappa shape index (κ3) is 3.33. The summed E-state index contributed by atoms with van der Waals surface area (Å²) in [7, 11) is 0. The molecule has 5 nitrogen and oxygen atoms in total. The summed E-state index contributed by atoms with van der Waals surface area (Å²) in [6, 6.07) is 7.48. The minimum absolute atomic E-state index is 0.218. The number of urea groups is 1. The highest BCUT2D eigenvalue weighted by atomic mass is 32.1. The van der Waals surface area contributed by atoms with Gasteiger partial charge in [0.1, 0.15) is 17.9 Å². The van der Waals surface area contributed by atoms with Crippen LogP contribution in [0.1, 0.15) is 43.4 Å². The van der Waals surface area contributed by atoms with Crippen LogP contribution < -0.4 is 10.1 Å². The molecule has 0 radical (unpaired) electrons. The number of nitrogens with zero attached hydrogens (tertiary/aromatic N) is 1. The van der Waals surface area contributed by atoms with Crippen LogP contribution in [0.4, 0.5) is 4.79 Å². The number of hydrogen-bond donors (Lipinski definition) is 1. The Balaban J connectivity index is 1.63. The highest BCUT2D eigenvalue weighted by molar-refractivity contribution is 7.08. The zero-order valence-electron chi connectivity index (χ0n) is 15.5. The molecular formula is C20H24N2O3S. The van der Waals surface area contributed by atoms with Crippen molar-refractivity contribution in [3.05, 3.63) is 51.7 Å². The Morgan fingerprint density at radius 1 is 1.27 bits per heavy atom. The van der Waals surface area contributed by atoms with Gasteiger partial charge in [0.2, 0.25) is 0 Å². The molecule has 1 atom stereocenters. The van der Waals surface area contributed by atoms with Gasteiger partial charge in [0.15, 0.2) is 0 Å². The molecule has 26 heavy (non-hydrogen) atoms. The van der Waals surface area contributed by atoms with E-state index in [0.29, 0.717) is 5.92 Å². The summed E-state index contributed by atoms with van der Waals surface area (Å²) in [6.07, 6.45) is 0. The molecule has 1 saturated heterocycles. The Kier molecular flexibility index (Phi) is 5.05. The quantitative estimate of drug-likeness (QED) is 0.779. The van der Waals surface area contributed by atoms with Crippen LogP contribution in [0.3, 0.4) is 0 Å². The van der Waals surface area contributed by atoms with Crippen LogP contribution in [0.25, 0.3) is 0 Å². The molecule has 3 amide bonds. The van der Waals surface area contributed by atoms with Crippen molar-refractivity contribution in [3.63, 3.8) is 0 Å². The molecule has 138 valence electrons. The van der Waals surface area contributed by atoms with Crippen molar-refractivity contribution in [2.24, 2.45) is 0 Å². The van der Waals surface area contributed by atoms with E-state index in [0.717, 1.165) is 11.3 Å². The summed E-state index contributed by atoms with van der Waals surface area (Å²) in [6.45, 7) is 8.60. The van der Waals surface area contributed by atoms with Gasteiger partial charge in [-0.2, -0.15) is 11.3 Å². The van der Waals surface area contributed by atoms with Crippen molar-refractivity contribution in [2.45, 2.75) is 39.2 Å². The maximum Gasteiger partial charge on any atom is 0.325 e. The smallest absolute Gasteiger partial charge is 0.325 e. The predicted octanol–water partition coefficient (Wildman–Crippen LogP) is 4.03. The second-order valence-corrected chi connectivity index (χ2v) is 7.83. The van der Waals surface area contributed by atoms with Crippen molar-refractivity contribution < 1.29 is 14.3 Å². The minimum atomic E-state index is -0.993. The van der Waals surface area contributed by atoms with Crippen molar-refractivity contribution in [1.29, 1.82) is 0 Å². The normalized spacial score (nSPS) is 20.0. The summed E-state index contributed by atoms with van der Waals surface area (Å²) in [4.78, 5) is 26.2. The van der Waals surface area contributed by atoms with Crippen molar-refractivity contribution in [3.8, 4) is 5.75 Å². The predicted molar refractivity (Wildman–Crippen MR) is 103 cm³/mol. The molecule has 2 aromatic rings. The Morgan fingerprint density at radius 2 is 2.04 bits per heavy atom. The topological polar surface area (TPSA) is 58.6 Å². The number of amides is 3. The van der Waals surface area contributed by atoms with Crippen LogP contribution >= 0.6 is 11.3 Å². The molecule has 0 bridgehead atoms. The molecule has 0 aliphatic carbocycles. The van der Waals surface area contributed by atoms with Crippen molar-refractivity contribution in [1.82, 2.24) is 10.2 Å². The molecule has 1 unspecified atom stereocenters. The number of ether oxygens (including phenoxy) is 1. The van der Waals surface area contributed by atoms with Gasteiger partial charge in [-0.25, -0.2) is 4.79 Å². The van der Waals surface area contributed by atoms with Crippen molar-refractivity contribution >= 4 is 23.3 Å². The first kappa shape index (κ1) is 18.5. The van der Waals surface area contributed by atoms with Gasteiger partial charge in [0.05, 0.1) is 6.54 Å². The maximum absolute atomic E-state index is 12.7. The highest BCUT2D eigenvalue weighted by Gasteiger charge is 2.48. The summed E-state index contributed by atoms with van der Waals surface area (Å²) in [5.41, 5.74) is 2.28. The van der Waals surface area contributed by atoms with E-state index in [4.69, 9.17) is 4.74 Å². The van der Waals surface area contributed by atoms with Crippen LogP contribution in [0.2, 0.25) is 0 Å². The van der Waals surface area contributed by atoms with E-state index < -0.39 is 5.54 Å². The molecule has 1 aliphatic rings. The zero-order chi connectivity index (χ0) is 18.9. The van der Waals surface area contributed by atoms with Gasteiger partial charge < -0.3 is 10.1 Å². The summed E-state index contributed by atoms with van der Waals surface area (Å²) in [5, 5.41) is 6.58. The van der Waals surface area contributed by atoms with E-state index in [1.807, 2.05) is 29.0 Å². The van der Waals surface area contributed by atoms with Gasteiger partial charge in [0, 0.05) is 0 Å². The van der Waals surface area contributed by atoms with Crippen LogP contribution in [0.15, 0.2) is 35.0 Å². The number of rotatable bonds is 6. The average Bonchev–Trinajstić information content (AvgIpc) is 3.18. The van der Waals surface area contributed by atoms with E-state index >= 15 is 0 Å². The molecule has 6 heteroatoms. The lowest BCUT2D eigenvalue weighted by Gasteiger charge is -2.20. The molecule has 1 aromatic heterocycles. The Bertz CT molecular complexity index is 816. The largest absolute Gasteiger partial charge is 0.492 e. The Labute approximate surface area is 158 Å². The fourth-order valence-electron chi connectivity index (χ4n) is 3.29. The van der Waals surface area contributed by atoms with Gasteiger partial charge >= 0.3 is 6.03 Å². The lowest BCUT2D eigenvalue weighted by molar-refractivity contribution is -0.131. The maximum atomic E-state index is 12.7. The molecule has 2 heterocycles. The molecular weight excluding hydrogens is 348 g/mol. The van der Waals surface area contributed by atoms with E-state index in [-0.39, 0.29) is 25.1 Å². The average molecular weight is 372 g/mol. The van der Waals surface area contributed by atoms with Crippen LogP contribution in [-0.2, 0) is 10.3 Å². The third-order valence-corrected chi connectivity index (χ3v) is 5.50. The van der Waals surface area contributed by atoms with Gasteiger partial charge in [-0.1, -0.05) is 19.9 Å². The number of thiophene rings is 1. The molecule has 1 fully saturated rings. The third-order valence-electron chi connectivity index (χ3n) is 4.82. The number of carbonyl (C=O) groups is 2. The van der Waals surface area contributed by atoms with Crippen LogP contribution in [0.5, 0.6) is 5.75 Å². The summed E-state index contributed by atoms with van der Waals surface area (Å²) >= 11 is 1.50. The standard InChI is InChI=1S/C20H24N2O3S/c1-13(2)17-6-5-16(11-14(17)3)25-9-8-22-18(23)20(4,21-19(22)24)15-7-10-26-12-15/h5-7,10-13H,8-9H2,1-4H3,(H,21,24). The Morgan fingerprint density at radius 3 is 2.65 bits per heavy atom. The van der Waals surface area contributed by atoms with Gasteiger partial charge in [-0.05, 0) is 65.4 Å². The highest BCUT2D eigenvalue weighted by Crippen LogP contribution is 2.30.